The van der Waals surface area contributed by atoms with Gasteiger partial charge in [-0.25, -0.2) is 19.0 Å². The molecule has 1 aliphatic carbocycles. The highest BCUT2D eigenvalue weighted by atomic mass is 35.5. The fourth-order valence-electron chi connectivity index (χ4n) is 4.43. The molecule has 17 heteroatoms. The Kier molecular flexibility index (Phi) is 5.79. The Morgan fingerprint density at radius 2 is 1.82 bits per heavy atom. The number of aliphatic hydroxyl groups is 1. The lowest BCUT2D eigenvalue weighted by atomic mass is 9.93. The van der Waals surface area contributed by atoms with Gasteiger partial charge in [0.25, 0.3) is 5.60 Å². The summed E-state index contributed by atoms with van der Waals surface area (Å²) >= 11 is 5.80. The molecule has 202 valence electrons. The average Bonchev–Trinajstić information content (AvgIpc) is 3.07. The number of carbonyl (C=O) groups is 2. The zero-order valence-electron chi connectivity index (χ0n) is 18.6. The number of benzene rings is 1. The average molecular weight is 562 g/mol. The standard InChI is InChI=1S/C21H16ClF4N5O7/c22-18-29-13(27)9-14(30-18)31(6-28-9)15-10(23)20(36)11(37-15)12(20)38-19(16(32)33,17(34)35)5-7-1-3-8(4-2-7)21(24,25)26/h1-4,6,10-12,15,36H,5H2,(H,32,33)(H,34,35)(H2,27,29,30)/t10-,11-,12?,15-,20+/m1/s1. The number of hydrogen-bond acceptors (Lipinski definition) is 9. The van der Waals surface area contributed by atoms with Gasteiger partial charge in [-0.2, -0.15) is 23.1 Å². The molecule has 2 aliphatic rings. The summed E-state index contributed by atoms with van der Waals surface area (Å²) in [5.74, 6) is -4.14. The molecule has 1 unspecified atom stereocenters. The van der Waals surface area contributed by atoms with E-state index in [1.165, 1.54) is 0 Å². The zero-order chi connectivity index (χ0) is 27.8. The molecule has 5 atom stereocenters. The molecule has 0 radical (unpaired) electrons. The summed E-state index contributed by atoms with van der Waals surface area (Å²) in [5, 5.41) is 30.1. The number of halogens is 5. The number of carboxylic acids is 2. The first-order valence-electron chi connectivity index (χ1n) is 10.7. The molecule has 12 nitrogen and oxygen atoms in total. The van der Waals surface area contributed by atoms with E-state index in [-0.39, 0.29) is 27.8 Å². The number of aliphatic carboxylic acids is 2. The van der Waals surface area contributed by atoms with Crippen molar-refractivity contribution in [3.8, 4) is 0 Å². The third kappa shape index (κ3) is 3.82. The summed E-state index contributed by atoms with van der Waals surface area (Å²) in [6, 6.07) is 3.07. The number of hydrogen-bond donors (Lipinski definition) is 4. The van der Waals surface area contributed by atoms with Crippen molar-refractivity contribution in [2.24, 2.45) is 0 Å². The predicted molar refractivity (Wildman–Crippen MR) is 117 cm³/mol. The van der Waals surface area contributed by atoms with Gasteiger partial charge < -0.3 is 30.5 Å². The Morgan fingerprint density at radius 1 is 1.18 bits per heavy atom. The predicted octanol–water partition coefficient (Wildman–Crippen LogP) is 1.60. The number of aromatic nitrogens is 4. The molecule has 1 aliphatic heterocycles. The second-order valence-electron chi connectivity index (χ2n) is 8.79. The van der Waals surface area contributed by atoms with Gasteiger partial charge in [0.1, 0.15) is 17.7 Å². The van der Waals surface area contributed by atoms with Gasteiger partial charge in [-0.1, -0.05) is 12.1 Å². The number of nitrogen functional groups attached to an aromatic ring is 1. The molecule has 1 aromatic carbocycles. The van der Waals surface area contributed by atoms with E-state index in [1.807, 2.05) is 0 Å². The van der Waals surface area contributed by atoms with E-state index in [0.29, 0.717) is 12.1 Å². The van der Waals surface area contributed by atoms with E-state index in [2.05, 4.69) is 15.0 Å². The third-order valence-corrected chi connectivity index (χ3v) is 6.67. The highest BCUT2D eigenvalue weighted by Gasteiger charge is 2.80. The Balaban J connectivity index is 1.40. The minimum absolute atomic E-state index is 0.0229. The zero-order valence-corrected chi connectivity index (χ0v) is 19.4. The van der Waals surface area contributed by atoms with Gasteiger partial charge in [0.2, 0.25) is 5.28 Å². The van der Waals surface area contributed by atoms with Gasteiger partial charge in [-0.05, 0) is 29.3 Å². The molecule has 1 saturated heterocycles. The summed E-state index contributed by atoms with van der Waals surface area (Å²) in [6.07, 6.45) is -11.6. The molecular formula is C21H16ClF4N5O7. The van der Waals surface area contributed by atoms with Crippen LogP contribution < -0.4 is 5.73 Å². The third-order valence-electron chi connectivity index (χ3n) is 6.50. The summed E-state index contributed by atoms with van der Waals surface area (Å²) in [6.45, 7) is 0. The molecular weight excluding hydrogens is 546 g/mol. The molecule has 38 heavy (non-hydrogen) atoms. The van der Waals surface area contributed by atoms with Crippen molar-refractivity contribution in [3.05, 3.63) is 47.0 Å². The summed E-state index contributed by atoms with van der Waals surface area (Å²) in [7, 11) is 0. The molecule has 3 heterocycles. The summed E-state index contributed by atoms with van der Waals surface area (Å²) in [5.41, 5.74) is -0.940. The van der Waals surface area contributed by atoms with Gasteiger partial charge in [0, 0.05) is 6.42 Å². The lowest BCUT2D eigenvalue weighted by Crippen LogP contribution is -2.53. The van der Waals surface area contributed by atoms with Crippen LogP contribution in [0.5, 0.6) is 0 Å². The van der Waals surface area contributed by atoms with Crippen molar-refractivity contribution >= 4 is 40.5 Å². The Hall–Kier alpha value is -3.60. The molecule has 3 aromatic rings. The number of ether oxygens (including phenoxy) is 2. The maximum atomic E-state index is 15.5. The second kappa shape index (κ2) is 8.45. The van der Waals surface area contributed by atoms with Crippen LogP contribution in [-0.2, 0) is 31.7 Å². The number of imidazole rings is 1. The minimum atomic E-state index is -4.67. The molecule has 0 bridgehead atoms. The summed E-state index contributed by atoms with van der Waals surface area (Å²) in [4.78, 5) is 35.7. The van der Waals surface area contributed by atoms with Gasteiger partial charge in [0.05, 0.1) is 11.9 Å². The summed E-state index contributed by atoms with van der Waals surface area (Å²) < 4.78 is 65.9. The first-order chi connectivity index (χ1) is 17.7. The number of carboxylic acid groups (broad SMARTS) is 2. The number of alkyl halides is 4. The largest absolute Gasteiger partial charge is 0.479 e. The van der Waals surface area contributed by atoms with E-state index in [0.717, 1.165) is 23.0 Å². The molecule has 0 spiro atoms. The van der Waals surface area contributed by atoms with Crippen LogP contribution in [0.1, 0.15) is 17.4 Å². The van der Waals surface area contributed by atoms with Crippen molar-refractivity contribution < 1.29 is 51.9 Å². The Bertz CT molecular complexity index is 1440. The topological polar surface area (TPSA) is 183 Å². The van der Waals surface area contributed by atoms with Crippen molar-refractivity contribution in [2.75, 3.05) is 5.73 Å². The number of fused-ring (bicyclic) bond motifs is 2. The molecule has 5 N–H and O–H groups in total. The lowest BCUT2D eigenvalue weighted by molar-refractivity contribution is -0.194. The monoisotopic (exact) mass is 561 g/mol. The maximum Gasteiger partial charge on any atom is 0.416 e. The smallest absolute Gasteiger partial charge is 0.416 e. The second-order valence-corrected chi connectivity index (χ2v) is 9.12. The van der Waals surface area contributed by atoms with Gasteiger partial charge in [-0.3, -0.25) is 4.57 Å². The van der Waals surface area contributed by atoms with Crippen molar-refractivity contribution in [1.29, 1.82) is 0 Å². The van der Waals surface area contributed by atoms with E-state index < -0.39 is 65.9 Å². The van der Waals surface area contributed by atoms with Gasteiger partial charge in [0.15, 0.2) is 29.5 Å². The van der Waals surface area contributed by atoms with Crippen molar-refractivity contribution in [2.45, 2.75) is 48.4 Å². The fourth-order valence-corrected chi connectivity index (χ4v) is 4.60. The van der Waals surface area contributed by atoms with Crippen LogP contribution in [0.2, 0.25) is 5.28 Å². The van der Waals surface area contributed by atoms with Crippen LogP contribution in [0.3, 0.4) is 0 Å². The van der Waals surface area contributed by atoms with Gasteiger partial charge >= 0.3 is 18.1 Å². The number of nitrogens with zero attached hydrogens (tertiary/aromatic N) is 4. The van der Waals surface area contributed by atoms with E-state index in [4.69, 9.17) is 26.8 Å². The number of nitrogens with two attached hydrogens (primary N) is 1. The van der Waals surface area contributed by atoms with Crippen molar-refractivity contribution in [3.63, 3.8) is 0 Å². The van der Waals surface area contributed by atoms with Crippen LogP contribution in [0, 0.1) is 0 Å². The van der Waals surface area contributed by atoms with E-state index in [1.54, 1.807) is 0 Å². The van der Waals surface area contributed by atoms with Crippen LogP contribution >= 0.6 is 11.6 Å². The van der Waals surface area contributed by atoms with Crippen LogP contribution in [0.15, 0.2) is 30.6 Å². The molecule has 5 rings (SSSR count). The SMILES string of the molecule is Nc1nc(Cl)nc2c1ncn2[C@@H]1O[C@@H]2C(OC(Cc3ccc(C(F)(F)F)cc3)(C(=O)O)C(=O)O)[C@]2(O)[C@@H]1F. The van der Waals surface area contributed by atoms with E-state index in [9.17, 15) is 38.1 Å². The van der Waals surface area contributed by atoms with Crippen molar-refractivity contribution in [1.82, 2.24) is 19.5 Å². The first kappa shape index (κ1) is 26.0. The Labute approximate surface area is 213 Å². The normalized spacial score (nSPS) is 26.9. The molecule has 0 amide bonds. The number of anilines is 1. The first-order valence-corrected chi connectivity index (χ1v) is 11.1. The van der Waals surface area contributed by atoms with Crippen LogP contribution in [0.4, 0.5) is 23.4 Å². The van der Waals surface area contributed by atoms with Crippen LogP contribution in [-0.4, -0.2) is 76.4 Å². The molecule has 2 aromatic heterocycles. The van der Waals surface area contributed by atoms with Crippen LogP contribution in [0.25, 0.3) is 11.2 Å². The quantitative estimate of drug-likeness (QED) is 0.187. The number of rotatable bonds is 7. The lowest BCUT2D eigenvalue weighted by Gasteiger charge is -2.29. The molecule has 1 saturated carbocycles. The minimum Gasteiger partial charge on any atom is -0.479 e. The fraction of sp³-hybridized carbons (Fsp3) is 0.381. The van der Waals surface area contributed by atoms with Gasteiger partial charge in [-0.15, -0.1) is 0 Å². The Morgan fingerprint density at radius 3 is 2.34 bits per heavy atom. The highest BCUT2D eigenvalue weighted by molar-refractivity contribution is 6.28. The highest BCUT2D eigenvalue weighted by Crippen LogP contribution is 2.58. The maximum absolute atomic E-state index is 15.5. The molecule has 2 fully saturated rings. The van der Waals surface area contributed by atoms with E-state index >= 15 is 4.39 Å².